The molecule has 2 nitrogen and oxygen atoms in total. The molecule has 2 heteroatoms. The van der Waals surface area contributed by atoms with Crippen LogP contribution in [0.3, 0.4) is 0 Å². The highest BCUT2D eigenvalue weighted by Crippen LogP contribution is 2.27. The van der Waals surface area contributed by atoms with Crippen LogP contribution in [0, 0.1) is 5.41 Å². The molecule has 0 bridgehead atoms. The van der Waals surface area contributed by atoms with Gasteiger partial charge in [0.15, 0.2) is 5.78 Å². The Bertz CT molecular complexity index is 367. The third-order valence-corrected chi connectivity index (χ3v) is 2.86. The summed E-state index contributed by atoms with van der Waals surface area (Å²) in [7, 11) is 0. The van der Waals surface area contributed by atoms with E-state index in [4.69, 9.17) is 5.11 Å². The van der Waals surface area contributed by atoms with E-state index in [-0.39, 0.29) is 17.8 Å². The highest BCUT2D eigenvalue weighted by Gasteiger charge is 2.27. The fourth-order valence-corrected chi connectivity index (χ4v) is 1.94. The molecule has 0 saturated carbocycles. The Morgan fingerprint density at radius 2 is 2.06 bits per heavy atom. The second-order valence-electron chi connectivity index (χ2n) is 4.82. The van der Waals surface area contributed by atoms with Crippen LogP contribution >= 0.6 is 0 Å². The summed E-state index contributed by atoms with van der Waals surface area (Å²) in [5.41, 5.74) is 1.17. The Morgan fingerprint density at radius 3 is 2.62 bits per heavy atom. The molecular weight excluding hydrogens is 200 g/mol. The number of benzene rings is 1. The molecule has 0 saturated heterocycles. The van der Waals surface area contributed by atoms with Gasteiger partial charge in [-0.05, 0) is 18.1 Å². The third-order valence-electron chi connectivity index (χ3n) is 2.86. The zero-order valence-corrected chi connectivity index (χ0v) is 10.3. The summed E-state index contributed by atoms with van der Waals surface area (Å²) in [6, 6.07) is 7.24. The van der Waals surface area contributed by atoms with E-state index in [0.29, 0.717) is 5.56 Å². The van der Waals surface area contributed by atoms with Gasteiger partial charge in [0.25, 0.3) is 0 Å². The van der Waals surface area contributed by atoms with Crippen LogP contribution in [0.1, 0.15) is 49.5 Å². The van der Waals surface area contributed by atoms with Gasteiger partial charge in [0, 0.05) is 11.0 Å². The summed E-state index contributed by atoms with van der Waals surface area (Å²) in [4.78, 5) is 12.2. The van der Waals surface area contributed by atoms with Crippen LogP contribution in [0.5, 0.6) is 0 Å². The molecule has 88 valence electrons. The maximum Gasteiger partial charge on any atom is 0.168 e. The standard InChI is InChI=1S/C14H20O2/c1-4-8-14(2,3)13(16)12-7-5-6-11(9-12)10-15/h5-7,9,15H,4,8,10H2,1-3H3. The maximum absolute atomic E-state index is 12.2. The number of Topliss-reactive ketones (excluding diaryl/α,β-unsaturated/α-hetero) is 1. The van der Waals surface area contributed by atoms with Crippen LogP contribution < -0.4 is 0 Å². The van der Waals surface area contributed by atoms with Crippen molar-refractivity contribution in [2.75, 3.05) is 0 Å². The monoisotopic (exact) mass is 220 g/mol. The topological polar surface area (TPSA) is 37.3 Å². The summed E-state index contributed by atoms with van der Waals surface area (Å²) < 4.78 is 0. The Labute approximate surface area is 97.3 Å². The molecule has 0 fully saturated rings. The summed E-state index contributed by atoms with van der Waals surface area (Å²) in [6.07, 6.45) is 1.88. The number of hydrogen-bond donors (Lipinski definition) is 1. The first-order chi connectivity index (χ1) is 7.51. The molecule has 1 N–H and O–H groups in total. The molecule has 0 amide bonds. The average molecular weight is 220 g/mol. The van der Waals surface area contributed by atoms with Gasteiger partial charge in [-0.15, -0.1) is 0 Å². The fraction of sp³-hybridized carbons (Fsp3) is 0.500. The van der Waals surface area contributed by atoms with E-state index in [1.54, 1.807) is 6.07 Å². The van der Waals surface area contributed by atoms with Crippen molar-refractivity contribution < 1.29 is 9.90 Å². The summed E-state index contributed by atoms with van der Waals surface area (Å²) in [5.74, 6) is 0.157. The minimum atomic E-state index is -0.317. The summed E-state index contributed by atoms with van der Waals surface area (Å²) in [6.45, 7) is 6.02. The molecule has 0 aliphatic heterocycles. The second kappa shape index (κ2) is 5.26. The smallest absolute Gasteiger partial charge is 0.168 e. The molecule has 0 aliphatic carbocycles. The van der Waals surface area contributed by atoms with Crippen molar-refractivity contribution in [2.24, 2.45) is 5.41 Å². The largest absolute Gasteiger partial charge is 0.392 e. The minimum absolute atomic E-state index is 0.0185. The van der Waals surface area contributed by atoms with Gasteiger partial charge in [-0.1, -0.05) is 45.4 Å². The number of rotatable bonds is 5. The van der Waals surface area contributed by atoms with Crippen LogP contribution in [-0.2, 0) is 6.61 Å². The van der Waals surface area contributed by atoms with Crippen molar-refractivity contribution in [3.8, 4) is 0 Å². The molecule has 0 unspecified atom stereocenters. The molecule has 0 spiro atoms. The number of ketones is 1. The number of carbonyl (C=O) groups is 1. The average Bonchev–Trinajstić information content (AvgIpc) is 2.28. The zero-order chi connectivity index (χ0) is 12.2. The van der Waals surface area contributed by atoms with Gasteiger partial charge in [-0.2, -0.15) is 0 Å². The quantitative estimate of drug-likeness (QED) is 0.774. The SMILES string of the molecule is CCCC(C)(C)C(=O)c1cccc(CO)c1. The predicted molar refractivity (Wildman–Crippen MR) is 65.4 cm³/mol. The molecule has 0 atom stereocenters. The minimum Gasteiger partial charge on any atom is -0.392 e. The van der Waals surface area contributed by atoms with E-state index in [2.05, 4.69) is 6.92 Å². The van der Waals surface area contributed by atoms with Crippen molar-refractivity contribution >= 4 is 5.78 Å². The number of carbonyl (C=O) groups excluding carboxylic acids is 1. The molecule has 1 aromatic rings. The number of aliphatic hydroxyl groups excluding tert-OH is 1. The molecule has 16 heavy (non-hydrogen) atoms. The maximum atomic E-state index is 12.2. The lowest BCUT2D eigenvalue weighted by Gasteiger charge is -2.22. The molecule has 0 aliphatic rings. The molecule has 1 rings (SSSR count). The Balaban J connectivity index is 2.95. The Hall–Kier alpha value is -1.15. The van der Waals surface area contributed by atoms with Crippen LogP contribution in [0.25, 0.3) is 0 Å². The highest BCUT2D eigenvalue weighted by molar-refractivity contribution is 6.00. The zero-order valence-electron chi connectivity index (χ0n) is 10.3. The van der Waals surface area contributed by atoms with Crippen molar-refractivity contribution in [3.05, 3.63) is 35.4 Å². The van der Waals surface area contributed by atoms with E-state index in [9.17, 15) is 4.79 Å². The van der Waals surface area contributed by atoms with Gasteiger partial charge >= 0.3 is 0 Å². The lowest BCUT2D eigenvalue weighted by molar-refractivity contribution is 0.0825. The van der Waals surface area contributed by atoms with Crippen molar-refractivity contribution in [3.63, 3.8) is 0 Å². The molecule has 1 aromatic carbocycles. The van der Waals surface area contributed by atoms with Crippen LogP contribution in [0.4, 0.5) is 0 Å². The summed E-state index contributed by atoms with van der Waals surface area (Å²) in [5, 5.41) is 9.04. The number of hydrogen-bond acceptors (Lipinski definition) is 2. The number of aliphatic hydroxyl groups is 1. The van der Waals surface area contributed by atoms with E-state index in [0.717, 1.165) is 18.4 Å². The van der Waals surface area contributed by atoms with Crippen molar-refractivity contribution in [1.29, 1.82) is 0 Å². The molecular formula is C14H20O2. The van der Waals surface area contributed by atoms with Crippen LogP contribution in [0.15, 0.2) is 24.3 Å². The van der Waals surface area contributed by atoms with Gasteiger partial charge in [-0.25, -0.2) is 0 Å². The lowest BCUT2D eigenvalue weighted by atomic mass is 9.80. The van der Waals surface area contributed by atoms with E-state index in [1.807, 2.05) is 32.0 Å². The van der Waals surface area contributed by atoms with E-state index in [1.165, 1.54) is 0 Å². The predicted octanol–water partition coefficient (Wildman–Crippen LogP) is 3.19. The van der Waals surface area contributed by atoms with Crippen molar-refractivity contribution in [2.45, 2.75) is 40.2 Å². The van der Waals surface area contributed by atoms with Gasteiger partial charge in [-0.3, -0.25) is 4.79 Å². The first-order valence-corrected chi connectivity index (χ1v) is 5.76. The first kappa shape index (κ1) is 12.9. The molecule has 0 aromatic heterocycles. The summed E-state index contributed by atoms with van der Waals surface area (Å²) >= 11 is 0. The Kier molecular flexibility index (Phi) is 4.25. The van der Waals surface area contributed by atoms with Gasteiger partial charge < -0.3 is 5.11 Å². The van der Waals surface area contributed by atoms with E-state index < -0.39 is 0 Å². The highest BCUT2D eigenvalue weighted by atomic mass is 16.3. The Morgan fingerprint density at radius 1 is 1.38 bits per heavy atom. The van der Waals surface area contributed by atoms with Crippen LogP contribution in [0.2, 0.25) is 0 Å². The van der Waals surface area contributed by atoms with Crippen molar-refractivity contribution in [1.82, 2.24) is 0 Å². The van der Waals surface area contributed by atoms with Crippen LogP contribution in [-0.4, -0.2) is 10.9 Å². The second-order valence-corrected chi connectivity index (χ2v) is 4.82. The normalized spacial score (nSPS) is 11.5. The molecule has 0 radical (unpaired) electrons. The lowest BCUT2D eigenvalue weighted by Crippen LogP contribution is -2.24. The third kappa shape index (κ3) is 2.92. The van der Waals surface area contributed by atoms with E-state index >= 15 is 0 Å². The van der Waals surface area contributed by atoms with Gasteiger partial charge in [0.2, 0.25) is 0 Å². The van der Waals surface area contributed by atoms with Gasteiger partial charge in [0.1, 0.15) is 0 Å². The van der Waals surface area contributed by atoms with Gasteiger partial charge in [0.05, 0.1) is 6.61 Å². The fourth-order valence-electron chi connectivity index (χ4n) is 1.94. The molecule has 0 heterocycles. The first-order valence-electron chi connectivity index (χ1n) is 5.76.